The molecule has 0 amide bonds. The number of hydrogen-bond donors (Lipinski definition) is 1. The van der Waals surface area contributed by atoms with E-state index in [4.69, 9.17) is 4.74 Å². The Morgan fingerprint density at radius 2 is 2.29 bits per heavy atom. The Hall–Kier alpha value is 0.310. The summed E-state index contributed by atoms with van der Waals surface area (Å²) in [7, 11) is 0. The normalized spacial score (nSPS) is 9.43. The highest BCUT2D eigenvalue weighted by Gasteiger charge is 1.79. The van der Waals surface area contributed by atoms with E-state index >= 15 is 0 Å². The zero-order valence-electron chi connectivity index (χ0n) is 4.68. The van der Waals surface area contributed by atoms with Crippen molar-refractivity contribution in [2.24, 2.45) is 0 Å². The van der Waals surface area contributed by atoms with Gasteiger partial charge in [0.15, 0.2) is 0 Å². The van der Waals surface area contributed by atoms with Gasteiger partial charge in [-0.15, -0.1) is 0 Å². The van der Waals surface area contributed by atoms with Crippen molar-refractivity contribution in [3.05, 3.63) is 0 Å². The van der Waals surface area contributed by atoms with Crippen molar-refractivity contribution in [2.45, 2.75) is 13.3 Å². The molecular weight excluding hydrogens is 108 g/mol. The van der Waals surface area contributed by atoms with Crippen molar-refractivity contribution in [1.82, 2.24) is 0 Å². The first-order chi connectivity index (χ1) is 3.41. The van der Waals surface area contributed by atoms with Crippen LogP contribution in [0.3, 0.4) is 0 Å². The molecule has 0 N–H and O–H groups in total. The van der Waals surface area contributed by atoms with Crippen LogP contribution in [0.25, 0.3) is 0 Å². The van der Waals surface area contributed by atoms with Crippen LogP contribution in [0.2, 0.25) is 0 Å². The van der Waals surface area contributed by atoms with Gasteiger partial charge in [-0.3, -0.25) is 0 Å². The van der Waals surface area contributed by atoms with Gasteiger partial charge in [0.25, 0.3) is 0 Å². The maximum absolute atomic E-state index is 5.03. The van der Waals surface area contributed by atoms with E-state index in [9.17, 15) is 0 Å². The van der Waals surface area contributed by atoms with E-state index in [1.807, 2.05) is 6.92 Å². The molecule has 0 saturated carbocycles. The Kier molecular flexibility index (Phi) is 6.59. The van der Waals surface area contributed by atoms with Gasteiger partial charge in [-0.25, -0.2) is 0 Å². The lowest BCUT2D eigenvalue weighted by Crippen LogP contribution is -1.92. The average molecular weight is 120 g/mol. The van der Waals surface area contributed by atoms with E-state index in [1.165, 1.54) is 0 Å². The average Bonchev–Trinajstić information content (AvgIpc) is 1.69. The first kappa shape index (κ1) is 7.31. The molecular formula is C5H12OS. The van der Waals surface area contributed by atoms with Crippen LogP contribution < -0.4 is 0 Å². The summed E-state index contributed by atoms with van der Waals surface area (Å²) < 4.78 is 5.03. The van der Waals surface area contributed by atoms with Crippen LogP contribution in [0.4, 0.5) is 0 Å². The Morgan fingerprint density at radius 3 is 2.71 bits per heavy atom. The first-order valence-electron chi connectivity index (χ1n) is 2.60. The number of rotatable bonds is 4. The Labute approximate surface area is 50.5 Å². The maximum Gasteiger partial charge on any atom is 0.0473 e. The van der Waals surface area contributed by atoms with Crippen LogP contribution in [-0.2, 0) is 4.74 Å². The molecule has 0 aromatic rings. The van der Waals surface area contributed by atoms with Crippen LogP contribution in [0, 0.1) is 0 Å². The van der Waals surface area contributed by atoms with Crippen LogP contribution in [0.15, 0.2) is 0 Å². The fraction of sp³-hybridized carbons (Fsp3) is 1.00. The quantitative estimate of drug-likeness (QED) is 0.435. The van der Waals surface area contributed by atoms with Gasteiger partial charge in [-0.2, -0.15) is 12.6 Å². The molecule has 0 heterocycles. The topological polar surface area (TPSA) is 9.23 Å². The molecule has 1 nitrogen and oxygen atoms in total. The van der Waals surface area contributed by atoms with Crippen molar-refractivity contribution in [3.63, 3.8) is 0 Å². The molecule has 0 bridgehead atoms. The molecule has 0 spiro atoms. The maximum atomic E-state index is 5.03. The van der Waals surface area contributed by atoms with Crippen molar-refractivity contribution in [1.29, 1.82) is 0 Å². The van der Waals surface area contributed by atoms with E-state index in [2.05, 4.69) is 12.6 Å². The van der Waals surface area contributed by atoms with E-state index in [1.54, 1.807) is 0 Å². The predicted octanol–water partition coefficient (Wildman–Crippen LogP) is 1.34. The third-order valence-electron chi connectivity index (χ3n) is 0.651. The van der Waals surface area contributed by atoms with Gasteiger partial charge in [0.2, 0.25) is 0 Å². The zero-order valence-corrected chi connectivity index (χ0v) is 5.58. The molecule has 0 aromatic heterocycles. The molecule has 0 fully saturated rings. The summed E-state index contributed by atoms with van der Waals surface area (Å²) in [6.07, 6.45) is 1.07. The summed E-state index contributed by atoms with van der Waals surface area (Å²) in [5.74, 6) is 0.931. The Balaban J connectivity index is 2.45. The summed E-state index contributed by atoms with van der Waals surface area (Å²) in [6.45, 7) is 3.69. The highest BCUT2D eigenvalue weighted by Crippen LogP contribution is 1.83. The van der Waals surface area contributed by atoms with Gasteiger partial charge >= 0.3 is 0 Å². The van der Waals surface area contributed by atoms with Gasteiger partial charge in [-0.1, -0.05) is 0 Å². The summed E-state index contributed by atoms with van der Waals surface area (Å²) in [4.78, 5) is 0. The second-order valence-corrected chi connectivity index (χ2v) is 1.72. The third-order valence-corrected chi connectivity index (χ3v) is 0.967. The summed E-state index contributed by atoms with van der Waals surface area (Å²) in [6, 6.07) is 0. The molecule has 0 saturated heterocycles. The standard InChI is InChI=1S/C5H12OS/c1-2-6-4-3-5-7/h7H,2-5H2,1H3. The molecule has 0 aromatic carbocycles. The molecule has 0 atom stereocenters. The highest BCUT2D eigenvalue weighted by atomic mass is 32.1. The monoisotopic (exact) mass is 120 g/mol. The second-order valence-electron chi connectivity index (χ2n) is 1.27. The predicted molar refractivity (Wildman–Crippen MR) is 35.0 cm³/mol. The third kappa shape index (κ3) is 6.31. The van der Waals surface area contributed by atoms with Gasteiger partial charge < -0.3 is 4.74 Å². The fourth-order valence-electron chi connectivity index (χ4n) is 0.311. The largest absolute Gasteiger partial charge is 0.382 e. The van der Waals surface area contributed by atoms with Gasteiger partial charge in [-0.05, 0) is 19.1 Å². The minimum absolute atomic E-state index is 0.827. The molecule has 0 unspecified atom stereocenters. The molecule has 0 aliphatic carbocycles. The van der Waals surface area contributed by atoms with Gasteiger partial charge in [0.1, 0.15) is 0 Å². The van der Waals surface area contributed by atoms with Crippen molar-refractivity contribution in [3.8, 4) is 0 Å². The Morgan fingerprint density at radius 1 is 1.57 bits per heavy atom. The molecule has 0 radical (unpaired) electrons. The SMILES string of the molecule is CCOCCCS. The van der Waals surface area contributed by atoms with Crippen molar-refractivity contribution >= 4 is 12.6 Å². The Bertz CT molecular complexity index is 27.3. The minimum Gasteiger partial charge on any atom is -0.382 e. The molecule has 2 heteroatoms. The number of hydrogen-bond acceptors (Lipinski definition) is 2. The molecule has 0 rings (SSSR count). The highest BCUT2D eigenvalue weighted by molar-refractivity contribution is 7.80. The van der Waals surface area contributed by atoms with Gasteiger partial charge in [0, 0.05) is 13.2 Å². The van der Waals surface area contributed by atoms with Crippen molar-refractivity contribution < 1.29 is 4.74 Å². The van der Waals surface area contributed by atoms with Crippen LogP contribution in [0.5, 0.6) is 0 Å². The smallest absolute Gasteiger partial charge is 0.0473 e. The molecule has 44 valence electrons. The van der Waals surface area contributed by atoms with Gasteiger partial charge in [0.05, 0.1) is 0 Å². The number of ether oxygens (including phenoxy) is 1. The van der Waals surface area contributed by atoms with E-state index in [0.29, 0.717) is 0 Å². The lowest BCUT2D eigenvalue weighted by molar-refractivity contribution is 0.149. The van der Waals surface area contributed by atoms with Crippen molar-refractivity contribution in [2.75, 3.05) is 19.0 Å². The first-order valence-corrected chi connectivity index (χ1v) is 3.23. The van der Waals surface area contributed by atoms with Crippen LogP contribution in [-0.4, -0.2) is 19.0 Å². The lowest BCUT2D eigenvalue weighted by atomic mass is 10.5. The fourth-order valence-corrected chi connectivity index (χ4v) is 0.440. The van der Waals surface area contributed by atoms with Crippen LogP contribution >= 0.6 is 12.6 Å². The minimum atomic E-state index is 0.827. The van der Waals surface area contributed by atoms with E-state index in [-0.39, 0.29) is 0 Å². The van der Waals surface area contributed by atoms with E-state index in [0.717, 1.165) is 25.4 Å². The molecule has 0 aliphatic rings. The molecule has 0 aliphatic heterocycles. The second kappa shape index (κ2) is 6.31. The molecule has 7 heavy (non-hydrogen) atoms. The lowest BCUT2D eigenvalue weighted by Gasteiger charge is -1.94. The summed E-state index contributed by atoms with van der Waals surface area (Å²) in [5.41, 5.74) is 0. The zero-order chi connectivity index (χ0) is 5.54. The summed E-state index contributed by atoms with van der Waals surface area (Å²) in [5, 5.41) is 0. The summed E-state index contributed by atoms with van der Waals surface area (Å²) >= 11 is 4.01. The van der Waals surface area contributed by atoms with E-state index < -0.39 is 0 Å². The van der Waals surface area contributed by atoms with Crippen LogP contribution in [0.1, 0.15) is 13.3 Å². The number of thiol groups is 1.